The SMILES string of the molecule is c1ccc(N(c2ccc(-c3cccc4ccc(-c5ccc6ccccc6c5)cc34)cc2)c2ccc3ccccc3c2)cc1. The van der Waals surface area contributed by atoms with Gasteiger partial charge in [-0.25, -0.2) is 0 Å². The third-order valence-electron chi connectivity index (χ3n) is 8.41. The highest BCUT2D eigenvalue weighted by atomic mass is 15.1. The van der Waals surface area contributed by atoms with Crippen LogP contribution in [0.2, 0.25) is 0 Å². The molecule has 0 aliphatic carbocycles. The fourth-order valence-corrected chi connectivity index (χ4v) is 6.20. The molecule has 8 aromatic carbocycles. The minimum Gasteiger partial charge on any atom is -0.310 e. The van der Waals surface area contributed by atoms with E-state index in [4.69, 9.17) is 0 Å². The van der Waals surface area contributed by atoms with E-state index in [1.807, 2.05) is 0 Å². The van der Waals surface area contributed by atoms with Gasteiger partial charge in [0.25, 0.3) is 0 Å². The first kappa shape index (κ1) is 25.1. The summed E-state index contributed by atoms with van der Waals surface area (Å²) in [6.45, 7) is 0. The van der Waals surface area contributed by atoms with Crippen molar-refractivity contribution in [2.24, 2.45) is 0 Å². The third kappa shape index (κ3) is 4.71. The quantitative estimate of drug-likeness (QED) is 0.207. The number of hydrogen-bond acceptors (Lipinski definition) is 1. The summed E-state index contributed by atoms with van der Waals surface area (Å²) in [6, 6.07) is 63.5. The maximum atomic E-state index is 2.34. The zero-order chi connectivity index (χ0) is 28.6. The Hall–Kier alpha value is -5.66. The summed E-state index contributed by atoms with van der Waals surface area (Å²) in [5, 5.41) is 7.51. The van der Waals surface area contributed by atoms with Gasteiger partial charge < -0.3 is 4.90 Å². The van der Waals surface area contributed by atoms with Gasteiger partial charge in [0, 0.05) is 17.1 Å². The molecule has 0 radical (unpaired) electrons. The van der Waals surface area contributed by atoms with E-state index in [0.717, 1.165) is 17.1 Å². The Bertz CT molecular complexity index is 2230. The molecule has 0 saturated heterocycles. The smallest absolute Gasteiger partial charge is 0.0468 e. The molecule has 0 aliphatic rings. The monoisotopic (exact) mass is 547 g/mol. The molecule has 8 aromatic rings. The fourth-order valence-electron chi connectivity index (χ4n) is 6.20. The van der Waals surface area contributed by atoms with Gasteiger partial charge in [0.05, 0.1) is 0 Å². The van der Waals surface area contributed by atoms with Crippen molar-refractivity contribution in [1.82, 2.24) is 0 Å². The van der Waals surface area contributed by atoms with Crippen molar-refractivity contribution in [3.8, 4) is 22.3 Å². The largest absolute Gasteiger partial charge is 0.310 e. The van der Waals surface area contributed by atoms with Gasteiger partial charge in [0.2, 0.25) is 0 Å². The number of anilines is 3. The molecule has 0 amide bonds. The van der Waals surface area contributed by atoms with Crippen molar-refractivity contribution in [2.75, 3.05) is 4.90 Å². The van der Waals surface area contributed by atoms with Crippen LogP contribution in [-0.2, 0) is 0 Å². The van der Waals surface area contributed by atoms with Crippen molar-refractivity contribution in [1.29, 1.82) is 0 Å². The maximum absolute atomic E-state index is 2.34. The van der Waals surface area contributed by atoms with Crippen LogP contribution in [0.25, 0.3) is 54.6 Å². The van der Waals surface area contributed by atoms with E-state index in [1.165, 1.54) is 54.6 Å². The first-order valence-electron chi connectivity index (χ1n) is 14.8. The molecule has 43 heavy (non-hydrogen) atoms. The van der Waals surface area contributed by atoms with Gasteiger partial charge >= 0.3 is 0 Å². The molecule has 0 bridgehead atoms. The Labute approximate surface area is 251 Å². The standard InChI is InChI=1S/C42H29N/c1-2-14-38(15-3-1)43(40-26-21-31-10-5-7-12-35(31)28-40)39-24-22-33(23-25-39)41-16-8-13-32-18-20-37(29-42(32)41)36-19-17-30-9-4-6-11-34(30)27-36/h1-29H. The molecule has 1 nitrogen and oxygen atoms in total. The Balaban J connectivity index is 1.20. The van der Waals surface area contributed by atoms with Gasteiger partial charge in [-0.05, 0) is 103 Å². The summed E-state index contributed by atoms with van der Waals surface area (Å²) in [7, 11) is 0. The van der Waals surface area contributed by atoms with Gasteiger partial charge in [-0.1, -0.05) is 127 Å². The van der Waals surface area contributed by atoms with Crippen LogP contribution in [0.1, 0.15) is 0 Å². The second-order valence-electron chi connectivity index (χ2n) is 11.1. The van der Waals surface area contributed by atoms with E-state index in [0.29, 0.717) is 0 Å². The topological polar surface area (TPSA) is 3.24 Å². The molecule has 0 heterocycles. The van der Waals surface area contributed by atoms with Gasteiger partial charge in [-0.15, -0.1) is 0 Å². The molecule has 0 atom stereocenters. The predicted octanol–water partition coefficient (Wildman–Crippen LogP) is 11.9. The van der Waals surface area contributed by atoms with Crippen molar-refractivity contribution in [3.05, 3.63) is 176 Å². The first-order valence-corrected chi connectivity index (χ1v) is 14.8. The number of para-hydroxylation sites is 1. The molecular weight excluding hydrogens is 518 g/mol. The van der Waals surface area contributed by atoms with Crippen molar-refractivity contribution >= 4 is 49.4 Å². The molecule has 0 saturated carbocycles. The van der Waals surface area contributed by atoms with Crippen LogP contribution in [0.4, 0.5) is 17.1 Å². The normalized spacial score (nSPS) is 11.3. The molecular formula is C42H29N. The second-order valence-corrected chi connectivity index (χ2v) is 11.1. The molecule has 1 heteroatoms. The molecule has 8 rings (SSSR count). The van der Waals surface area contributed by atoms with E-state index >= 15 is 0 Å². The minimum atomic E-state index is 1.13. The van der Waals surface area contributed by atoms with E-state index in [9.17, 15) is 0 Å². The van der Waals surface area contributed by atoms with Crippen LogP contribution in [0.15, 0.2) is 176 Å². The first-order chi connectivity index (χ1) is 21.3. The lowest BCUT2D eigenvalue weighted by atomic mass is 9.94. The van der Waals surface area contributed by atoms with Crippen LogP contribution < -0.4 is 4.90 Å². The highest BCUT2D eigenvalue weighted by Crippen LogP contribution is 2.38. The van der Waals surface area contributed by atoms with Gasteiger partial charge in [0.1, 0.15) is 0 Å². The minimum absolute atomic E-state index is 1.13. The summed E-state index contributed by atoms with van der Waals surface area (Å²) in [5.74, 6) is 0. The average molecular weight is 548 g/mol. The molecule has 0 fully saturated rings. The molecule has 0 spiro atoms. The zero-order valence-electron chi connectivity index (χ0n) is 23.7. The Morgan fingerprint density at radius 2 is 0.791 bits per heavy atom. The average Bonchev–Trinajstić information content (AvgIpc) is 3.08. The molecule has 0 aliphatic heterocycles. The predicted molar refractivity (Wildman–Crippen MR) is 185 cm³/mol. The van der Waals surface area contributed by atoms with Crippen LogP contribution in [-0.4, -0.2) is 0 Å². The van der Waals surface area contributed by atoms with E-state index in [2.05, 4.69) is 181 Å². The lowest BCUT2D eigenvalue weighted by Crippen LogP contribution is -2.09. The Morgan fingerprint density at radius 3 is 1.53 bits per heavy atom. The van der Waals surface area contributed by atoms with Gasteiger partial charge in [-0.3, -0.25) is 0 Å². The molecule has 0 unspecified atom stereocenters. The van der Waals surface area contributed by atoms with Crippen molar-refractivity contribution in [3.63, 3.8) is 0 Å². The number of fused-ring (bicyclic) bond motifs is 3. The maximum Gasteiger partial charge on any atom is 0.0468 e. The van der Waals surface area contributed by atoms with Crippen molar-refractivity contribution < 1.29 is 0 Å². The molecule has 0 N–H and O–H groups in total. The van der Waals surface area contributed by atoms with Crippen LogP contribution in [0.3, 0.4) is 0 Å². The van der Waals surface area contributed by atoms with Crippen molar-refractivity contribution in [2.45, 2.75) is 0 Å². The molecule has 0 aromatic heterocycles. The van der Waals surface area contributed by atoms with E-state index in [-0.39, 0.29) is 0 Å². The molecule has 202 valence electrons. The van der Waals surface area contributed by atoms with Gasteiger partial charge in [-0.2, -0.15) is 0 Å². The summed E-state index contributed by atoms with van der Waals surface area (Å²) in [4.78, 5) is 2.33. The highest BCUT2D eigenvalue weighted by molar-refractivity contribution is 6.00. The van der Waals surface area contributed by atoms with Crippen LogP contribution in [0, 0.1) is 0 Å². The van der Waals surface area contributed by atoms with Crippen LogP contribution in [0.5, 0.6) is 0 Å². The lowest BCUT2D eigenvalue weighted by Gasteiger charge is -2.26. The summed E-state index contributed by atoms with van der Waals surface area (Å²) in [6.07, 6.45) is 0. The lowest BCUT2D eigenvalue weighted by molar-refractivity contribution is 1.29. The highest BCUT2D eigenvalue weighted by Gasteiger charge is 2.14. The fraction of sp³-hybridized carbons (Fsp3) is 0. The zero-order valence-corrected chi connectivity index (χ0v) is 23.7. The Morgan fingerprint density at radius 1 is 0.279 bits per heavy atom. The summed E-state index contributed by atoms with van der Waals surface area (Å²) < 4.78 is 0. The van der Waals surface area contributed by atoms with E-state index < -0.39 is 0 Å². The Kier molecular flexibility index (Phi) is 6.20. The number of rotatable bonds is 5. The summed E-state index contributed by atoms with van der Waals surface area (Å²) >= 11 is 0. The third-order valence-corrected chi connectivity index (χ3v) is 8.41. The van der Waals surface area contributed by atoms with Crippen LogP contribution >= 0.6 is 0 Å². The number of hydrogen-bond donors (Lipinski definition) is 0. The summed E-state index contributed by atoms with van der Waals surface area (Å²) in [5.41, 5.74) is 8.31. The number of benzene rings is 8. The second kappa shape index (κ2) is 10.6. The van der Waals surface area contributed by atoms with Gasteiger partial charge in [0.15, 0.2) is 0 Å². The van der Waals surface area contributed by atoms with E-state index in [1.54, 1.807) is 0 Å². The number of nitrogens with zero attached hydrogens (tertiary/aromatic N) is 1.